The maximum absolute atomic E-state index is 5.57. The highest BCUT2D eigenvalue weighted by Gasteiger charge is 2.11. The molecule has 0 atom stereocenters. The highest BCUT2D eigenvalue weighted by Crippen LogP contribution is 2.24. The van der Waals surface area contributed by atoms with Gasteiger partial charge in [0.1, 0.15) is 5.82 Å². The number of hydrogen-bond donors (Lipinski definition) is 2. The van der Waals surface area contributed by atoms with Crippen molar-refractivity contribution in [3.8, 4) is 11.4 Å². The zero-order chi connectivity index (χ0) is 14.7. The van der Waals surface area contributed by atoms with E-state index in [2.05, 4.69) is 60.4 Å². The molecule has 3 N–H and O–H groups in total. The number of anilines is 1. The molecule has 1 aromatic heterocycles. The van der Waals surface area contributed by atoms with Gasteiger partial charge in [0.25, 0.3) is 0 Å². The third-order valence-corrected chi connectivity index (χ3v) is 3.54. The molecule has 106 valence electrons. The Kier molecular flexibility index (Phi) is 4.35. The maximum Gasteiger partial charge on any atom is 0.161 e. The summed E-state index contributed by atoms with van der Waals surface area (Å²) in [5.41, 5.74) is 7.04. The third kappa shape index (κ3) is 2.80. The van der Waals surface area contributed by atoms with Crippen LogP contribution in [0, 0.1) is 6.92 Å². The molecule has 0 spiro atoms. The van der Waals surface area contributed by atoms with Gasteiger partial charge in [-0.3, -0.25) is 0 Å². The normalized spacial score (nSPS) is 10.9. The molecule has 20 heavy (non-hydrogen) atoms. The Hall–Kier alpha value is -1.94. The van der Waals surface area contributed by atoms with Crippen molar-refractivity contribution in [3.63, 3.8) is 0 Å². The van der Waals surface area contributed by atoms with Crippen LogP contribution < -0.4 is 11.3 Å². The number of benzene rings is 1. The van der Waals surface area contributed by atoms with Gasteiger partial charge < -0.3 is 5.43 Å². The summed E-state index contributed by atoms with van der Waals surface area (Å²) in [7, 11) is 0. The van der Waals surface area contributed by atoms with E-state index in [1.165, 1.54) is 5.56 Å². The Morgan fingerprint density at radius 1 is 1.15 bits per heavy atom. The topological polar surface area (TPSA) is 63.8 Å². The largest absolute Gasteiger partial charge is 0.308 e. The highest BCUT2D eigenvalue weighted by molar-refractivity contribution is 5.60. The average Bonchev–Trinajstić information content (AvgIpc) is 2.46. The van der Waals surface area contributed by atoms with Crippen LogP contribution in [0.1, 0.15) is 43.5 Å². The predicted molar refractivity (Wildman–Crippen MR) is 83.5 cm³/mol. The fourth-order valence-electron chi connectivity index (χ4n) is 2.28. The number of hydrogen-bond acceptors (Lipinski definition) is 4. The predicted octanol–water partition coefficient (Wildman–Crippen LogP) is 3.42. The molecule has 4 heteroatoms. The van der Waals surface area contributed by atoms with Gasteiger partial charge >= 0.3 is 0 Å². The molecule has 2 aromatic rings. The number of nitrogen functional groups attached to an aromatic ring is 1. The molecule has 0 aliphatic rings. The van der Waals surface area contributed by atoms with Crippen LogP contribution in [0.3, 0.4) is 0 Å². The quantitative estimate of drug-likeness (QED) is 0.660. The number of nitrogens with zero attached hydrogens (tertiary/aromatic N) is 2. The molecule has 0 unspecified atom stereocenters. The lowest BCUT2D eigenvalue weighted by molar-refractivity contribution is 0.866. The average molecular weight is 270 g/mol. The van der Waals surface area contributed by atoms with E-state index >= 15 is 0 Å². The van der Waals surface area contributed by atoms with Crippen LogP contribution in [-0.2, 0) is 6.42 Å². The Morgan fingerprint density at radius 2 is 1.80 bits per heavy atom. The van der Waals surface area contributed by atoms with Gasteiger partial charge in [-0.15, -0.1) is 0 Å². The summed E-state index contributed by atoms with van der Waals surface area (Å²) < 4.78 is 0. The van der Waals surface area contributed by atoms with Gasteiger partial charge in [-0.25, -0.2) is 15.8 Å². The smallest absolute Gasteiger partial charge is 0.161 e. The van der Waals surface area contributed by atoms with Crippen molar-refractivity contribution in [2.45, 2.75) is 40.0 Å². The maximum atomic E-state index is 5.57. The zero-order valence-electron chi connectivity index (χ0n) is 12.6. The van der Waals surface area contributed by atoms with E-state index in [0.29, 0.717) is 17.6 Å². The molecule has 0 aliphatic carbocycles. The summed E-state index contributed by atoms with van der Waals surface area (Å²) in [4.78, 5) is 9.11. The van der Waals surface area contributed by atoms with E-state index in [4.69, 9.17) is 5.84 Å². The molecule has 2 rings (SSSR count). The van der Waals surface area contributed by atoms with Crippen LogP contribution in [0.2, 0.25) is 0 Å². The Morgan fingerprint density at radius 3 is 2.30 bits per heavy atom. The van der Waals surface area contributed by atoms with Gasteiger partial charge in [-0.2, -0.15) is 0 Å². The van der Waals surface area contributed by atoms with Gasteiger partial charge in [0.05, 0.1) is 0 Å². The number of aryl methyl sites for hydroxylation is 1. The zero-order valence-corrected chi connectivity index (χ0v) is 12.6. The van der Waals surface area contributed by atoms with Crippen molar-refractivity contribution in [1.29, 1.82) is 0 Å². The molecule has 1 heterocycles. The van der Waals surface area contributed by atoms with E-state index in [1.807, 2.05) is 6.92 Å². The van der Waals surface area contributed by atoms with Crippen LogP contribution in [0.4, 0.5) is 5.82 Å². The Balaban J connectivity index is 2.44. The second-order valence-electron chi connectivity index (χ2n) is 5.23. The lowest BCUT2D eigenvalue weighted by Crippen LogP contribution is -2.13. The van der Waals surface area contributed by atoms with Crippen molar-refractivity contribution < 1.29 is 0 Å². The lowest BCUT2D eigenvalue weighted by atomic mass is 10.0. The van der Waals surface area contributed by atoms with Crippen LogP contribution >= 0.6 is 0 Å². The molecular weight excluding hydrogens is 248 g/mol. The number of nitrogens with one attached hydrogen (secondary N) is 1. The minimum absolute atomic E-state index is 0.524. The molecule has 1 aromatic carbocycles. The molecular formula is C16H22N4. The number of aromatic nitrogens is 2. The first-order chi connectivity index (χ1) is 9.56. The Labute approximate surface area is 120 Å². The van der Waals surface area contributed by atoms with Crippen LogP contribution in [0.5, 0.6) is 0 Å². The highest BCUT2D eigenvalue weighted by atomic mass is 15.3. The van der Waals surface area contributed by atoms with Gasteiger partial charge in [-0.1, -0.05) is 45.0 Å². The molecule has 0 saturated heterocycles. The van der Waals surface area contributed by atoms with Gasteiger partial charge in [0, 0.05) is 16.8 Å². The molecule has 0 aliphatic heterocycles. The summed E-state index contributed by atoms with van der Waals surface area (Å²) in [6.45, 7) is 8.43. The van der Waals surface area contributed by atoms with E-state index in [1.54, 1.807) is 0 Å². The van der Waals surface area contributed by atoms with E-state index in [9.17, 15) is 0 Å². The standard InChI is InChI=1S/C16H22N4/c1-5-14-11(4)18-15(19-16(14)20-17)13-8-6-12(7-9-13)10(2)3/h6-10H,5,17H2,1-4H3,(H,18,19,20). The Bertz CT molecular complexity index is 588. The first kappa shape index (κ1) is 14.5. The summed E-state index contributed by atoms with van der Waals surface area (Å²) in [6.07, 6.45) is 0.859. The fraction of sp³-hybridized carbons (Fsp3) is 0.375. The number of rotatable bonds is 4. The lowest BCUT2D eigenvalue weighted by Gasteiger charge is -2.12. The first-order valence-electron chi connectivity index (χ1n) is 7.01. The van der Waals surface area contributed by atoms with Crippen molar-refractivity contribution >= 4 is 5.82 Å². The van der Waals surface area contributed by atoms with Gasteiger partial charge in [0.2, 0.25) is 0 Å². The molecule has 0 bridgehead atoms. The van der Waals surface area contributed by atoms with Gasteiger partial charge in [0.15, 0.2) is 5.82 Å². The third-order valence-electron chi connectivity index (χ3n) is 3.54. The van der Waals surface area contributed by atoms with E-state index < -0.39 is 0 Å². The summed E-state index contributed by atoms with van der Waals surface area (Å²) in [5, 5.41) is 0. The molecule has 4 nitrogen and oxygen atoms in total. The molecule has 0 fully saturated rings. The van der Waals surface area contributed by atoms with Crippen molar-refractivity contribution in [2.75, 3.05) is 5.43 Å². The second-order valence-corrected chi connectivity index (χ2v) is 5.23. The number of nitrogens with two attached hydrogens (primary N) is 1. The summed E-state index contributed by atoms with van der Waals surface area (Å²) >= 11 is 0. The summed E-state index contributed by atoms with van der Waals surface area (Å²) in [6, 6.07) is 8.38. The number of hydrazine groups is 1. The molecule has 0 saturated carbocycles. The second kappa shape index (κ2) is 6.01. The van der Waals surface area contributed by atoms with Crippen LogP contribution in [0.15, 0.2) is 24.3 Å². The molecule has 0 amide bonds. The fourth-order valence-corrected chi connectivity index (χ4v) is 2.28. The van der Waals surface area contributed by atoms with Crippen molar-refractivity contribution in [3.05, 3.63) is 41.1 Å². The van der Waals surface area contributed by atoms with Crippen LogP contribution in [0.25, 0.3) is 11.4 Å². The van der Waals surface area contributed by atoms with E-state index in [-0.39, 0.29) is 0 Å². The minimum atomic E-state index is 0.524. The molecule has 0 radical (unpaired) electrons. The SMILES string of the molecule is CCc1c(C)nc(-c2ccc(C(C)C)cc2)nc1NN. The van der Waals surface area contributed by atoms with Gasteiger partial charge in [-0.05, 0) is 24.8 Å². The first-order valence-corrected chi connectivity index (χ1v) is 7.01. The van der Waals surface area contributed by atoms with Crippen LogP contribution in [-0.4, -0.2) is 9.97 Å². The van der Waals surface area contributed by atoms with E-state index in [0.717, 1.165) is 23.2 Å². The monoisotopic (exact) mass is 270 g/mol. The minimum Gasteiger partial charge on any atom is -0.308 e. The van der Waals surface area contributed by atoms with Crippen molar-refractivity contribution in [1.82, 2.24) is 9.97 Å². The summed E-state index contributed by atoms with van der Waals surface area (Å²) in [5.74, 6) is 7.51. The van der Waals surface area contributed by atoms with Crippen molar-refractivity contribution in [2.24, 2.45) is 5.84 Å².